The Morgan fingerprint density at radius 2 is 2.32 bits per heavy atom. The maximum atomic E-state index is 4.26. The Morgan fingerprint density at radius 3 is 3.21 bits per heavy atom. The summed E-state index contributed by atoms with van der Waals surface area (Å²) in [6, 6.07) is 2.08. The molecule has 0 radical (unpaired) electrons. The molecule has 100 valence electrons. The summed E-state index contributed by atoms with van der Waals surface area (Å²) in [4.78, 5) is 6.58. The fourth-order valence-corrected chi connectivity index (χ4v) is 2.38. The highest BCUT2D eigenvalue weighted by Crippen LogP contribution is 2.23. The van der Waals surface area contributed by atoms with E-state index in [0.717, 1.165) is 38.5 Å². The van der Waals surface area contributed by atoms with Crippen molar-refractivity contribution in [3.63, 3.8) is 0 Å². The van der Waals surface area contributed by atoms with Crippen molar-refractivity contribution < 1.29 is 0 Å². The van der Waals surface area contributed by atoms with Crippen molar-refractivity contribution >= 4 is 5.69 Å². The third-order valence-electron chi connectivity index (χ3n) is 3.43. The van der Waals surface area contributed by atoms with Gasteiger partial charge in [-0.2, -0.15) is 0 Å². The van der Waals surface area contributed by atoms with Crippen molar-refractivity contribution in [1.29, 1.82) is 0 Å². The standard InChI is InChI=1S/C13H18N6/c1-2-14-7-11-3-4-15-8-12(11)18-5-6-19-10-16-17-13(19)9-18/h3-4,8,10,14H,2,5-7,9H2,1H3. The highest BCUT2D eigenvalue weighted by atomic mass is 15.3. The molecule has 1 N–H and O–H groups in total. The SMILES string of the molecule is CCNCc1ccncc1N1CCn2cnnc2C1. The van der Waals surface area contributed by atoms with Crippen LogP contribution in [0.25, 0.3) is 0 Å². The van der Waals surface area contributed by atoms with Crippen LogP contribution < -0.4 is 10.2 Å². The third-order valence-corrected chi connectivity index (χ3v) is 3.43. The van der Waals surface area contributed by atoms with Gasteiger partial charge in [0.05, 0.1) is 18.4 Å². The molecule has 0 aromatic carbocycles. The van der Waals surface area contributed by atoms with Crippen LogP contribution in [0.1, 0.15) is 18.3 Å². The summed E-state index contributed by atoms with van der Waals surface area (Å²) in [5.41, 5.74) is 2.47. The highest BCUT2D eigenvalue weighted by molar-refractivity contribution is 5.52. The summed E-state index contributed by atoms with van der Waals surface area (Å²) in [6.07, 6.45) is 5.59. The molecule has 0 spiro atoms. The van der Waals surface area contributed by atoms with E-state index >= 15 is 0 Å². The van der Waals surface area contributed by atoms with E-state index in [1.165, 1.54) is 11.3 Å². The van der Waals surface area contributed by atoms with Gasteiger partial charge in [0.2, 0.25) is 0 Å². The van der Waals surface area contributed by atoms with Crippen LogP contribution in [-0.4, -0.2) is 32.8 Å². The third kappa shape index (κ3) is 2.44. The second-order valence-electron chi connectivity index (χ2n) is 4.65. The molecular weight excluding hydrogens is 240 g/mol. The molecule has 6 nitrogen and oxygen atoms in total. The first-order chi connectivity index (χ1) is 9.38. The predicted molar refractivity (Wildman–Crippen MR) is 72.7 cm³/mol. The molecule has 19 heavy (non-hydrogen) atoms. The molecule has 0 unspecified atom stereocenters. The van der Waals surface area contributed by atoms with Crippen molar-refractivity contribution in [3.8, 4) is 0 Å². The molecule has 6 heteroatoms. The van der Waals surface area contributed by atoms with Gasteiger partial charge in [-0.25, -0.2) is 0 Å². The number of hydrogen-bond donors (Lipinski definition) is 1. The van der Waals surface area contributed by atoms with Gasteiger partial charge in [-0.05, 0) is 18.2 Å². The molecule has 0 aliphatic carbocycles. The number of pyridine rings is 1. The number of nitrogens with one attached hydrogen (secondary N) is 1. The van der Waals surface area contributed by atoms with Crippen LogP contribution in [0.4, 0.5) is 5.69 Å². The Balaban J connectivity index is 1.83. The minimum absolute atomic E-state index is 0.796. The lowest BCUT2D eigenvalue weighted by Gasteiger charge is -2.30. The Bertz CT molecular complexity index is 550. The van der Waals surface area contributed by atoms with Gasteiger partial charge in [0.1, 0.15) is 6.33 Å². The van der Waals surface area contributed by atoms with E-state index in [2.05, 4.69) is 43.0 Å². The quantitative estimate of drug-likeness (QED) is 0.879. The van der Waals surface area contributed by atoms with E-state index in [1.54, 1.807) is 6.33 Å². The summed E-state index contributed by atoms with van der Waals surface area (Å²) in [6.45, 7) is 6.65. The van der Waals surface area contributed by atoms with Crippen LogP contribution in [0.15, 0.2) is 24.8 Å². The van der Waals surface area contributed by atoms with Crippen molar-refractivity contribution in [2.24, 2.45) is 0 Å². The molecule has 0 fully saturated rings. The van der Waals surface area contributed by atoms with Crippen molar-refractivity contribution in [2.75, 3.05) is 18.0 Å². The lowest BCUT2D eigenvalue weighted by atomic mass is 10.2. The molecule has 0 bridgehead atoms. The largest absolute Gasteiger partial charge is 0.361 e. The first-order valence-electron chi connectivity index (χ1n) is 6.63. The van der Waals surface area contributed by atoms with Crippen LogP contribution >= 0.6 is 0 Å². The molecule has 3 heterocycles. The van der Waals surface area contributed by atoms with E-state index in [1.807, 2.05) is 12.4 Å². The van der Waals surface area contributed by atoms with Gasteiger partial charge >= 0.3 is 0 Å². The van der Waals surface area contributed by atoms with Gasteiger partial charge < -0.3 is 14.8 Å². The smallest absolute Gasteiger partial charge is 0.152 e. The molecule has 2 aromatic heterocycles. The number of aromatic nitrogens is 4. The Hall–Kier alpha value is -1.95. The maximum absolute atomic E-state index is 4.26. The van der Waals surface area contributed by atoms with Crippen LogP contribution in [0.3, 0.4) is 0 Å². The Kier molecular flexibility index (Phi) is 3.41. The van der Waals surface area contributed by atoms with Gasteiger partial charge in [0.15, 0.2) is 5.82 Å². The van der Waals surface area contributed by atoms with Gasteiger partial charge in [0.25, 0.3) is 0 Å². The minimum Gasteiger partial charge on any atom is -0.361 e. The van der Waals surface area contributed by atoms with Gasteiger partial charge in [-0.15, -0.1) is 10.2 Å². The first-order valence-corrected chi connectivity index (χ1v) is 6.63. The molecule has 1 aliphatic rings. The number of rotatable bonds is 4. The fraction of sp³-hybridized carbons (Fsp3) is 0.462. The molecule has 0 saturated carbocycles. The van der Waals surface area contributed by atoms with E-state index in [0.29, 0.717) is 0 Å². The van der Waals surface area contributed by atoms with Crippen molar-refractivity contribution in [3.05, 3.63) is 36.2 Å². The summed E-state index contributed by atoms with van der Waals surface area (Å²) >= 11 is 0. The van der Waals surface area contributed by atoms with Crippen LogP contribution in [0.5, 0.6) is 0 Å². The molecule has 1 aliphatic heterocycles. The Morgan fingerprint density at radius 1 is 1.37 bits per heavy atom. The van der Waals surface area contributed by atoms with E-state index in [-0.39, 0.29) is 0 Å². The number of hydrogen-bond acceptors (Lipinski definition) is 5. The fourth-order valence-electron chi connectivity index (χ4n) is 2.38. The summed E-state index contributed by atoms with van der Waals surface area (Å²) in [7, 11) is 0. The zero-order valence-electron chi connectivity index (χ0n) is 11.1. The second kappa shape index (κ2) is 5.36. The number of nitrogens with zero attached hydrogens (tertiary/aromatic N) is 5. The average molecular weight is 258 g/mol. The van der Waals surface area contributed by atoms with Crippen LogP contribution in [0.2, 0.25) is 0 Å². The topological polar surface area (TPSA) is 58.9 Å². The van der Waals surface area contributed by atoms with E-state index in [9.17, 15) is 0 Å². The highest BCUT2D eigenvalue weighted by Gasteiger charge is 2.19. The van der Waals surface area contributed by atoms with Crippen molar-refractivity contribution in [2.45, 2.75) is 26.6 Å². The van der Waals surface area contributed by atoms with E-state index in [4.69, 9.17) is 0 Å². The molecular formula is C13H18N6. The molecule has 0 saturated heterocycles. The summed E-state index contributed by atoms with van der Waals surface area (Å²) in [5, 5.41) is 11.5. The molecule has 0 atom stereocenters. The predicted octanol–water partition coefficient (Wildman–Crippen LogP) is 0.803. The van der Waals surface area contributed by atoms with Crippen molar-refractivity contribution in [1.82, 2.24) is 25.1 Å². The molecule has 3 rings (SSSR count). The van der Waals surface area contributed by atoms with Crippen LogP contribution in [0, 0.1) is 0 Å². The lowest BCUT2D eigenvalue weighted by molar-refractivity contribution is 0.557. The Labute approximate surface area is 112 Å². The minimum atomic E-state index is 0.796. The summed E-state index contributed by atoms with van der Waals surface area (Å²) in [5.74, 6) is 1.02. The maximum Gasteiger partial charge on any atom is 0.152 e. The van der Waals surface area contributed by atoms with Gasteiger partial charge in [-0.1, -0.05) is 6.92 Å². The lowest BCUT2D eigenvalue weighted by Crippen LogP contribution is -2.34. The number of anilines is 1. The zero-order valence-corrected chi connectivity index (χ0v) is 11.1. The molecule has 2 aromatic rings. The monoisotopic (exact) mass is 258 g/mol. The normalized spacial score (nSPS) is 14.5. The van der Waals surface area contributed by atoms with Crippen LogP contribution in [-0.2, 0) is 19.6 Å². The zero-order chi connectivity index (χ0) is 13.1. The van der Waals surface area contributed by atoms with Gasteiger partial charge in [0, 0.05) is 25.8 Å². The average Bonchev–Trinajstić information content (AvgIpc) is 2.92. The van der Waals surface area contributed by atoms with E-state index < -0.39 is 0 Å². The van der Waals surface area contributed by atoms with Gasteiger partial charge in [-0.3, -0.25) is 4.98 Å². The molecule has 0 amide bonds. The summed E-state index contributed by atoms with van der Waals surface area (Å²) < 4.78 is 2.11. The first kappa shape index (κ1) is 12.1. The second-order valence-corrected chi connectivity index (χ2v) is 4.65. The number of fused-ring (bicyclic) bond motifs is 1.